The average molecular weight is 260 g/mol. The number of rotatable bonds is 4. The van der Waals surface area contributed by atoms with E-state index < -0.39 is 0 Å². The molecule has 0 atom stereocenters. The third-order valence-corrected chi connectivity index (χ3v) is 2.90. The summed E-state index contributed by atoms with van der Waals surface area (Å²) in [4.78, 5) is 19.8. The van der Waals surface area contributed by atoms with Crippen LogP contribution in [0.15, 0.2) is 34.9 Å². The normalized spacial score (nSPS) is 10.7. The zero-order valence-corrected chi connectivity index (χ0v) is 10.6. The number of aryl methyl sites for hydroxylation is 1. The van der Waals surface area contributed by atoms with Crippen molar-refractivity contribution in [2.24, 2.45) is 5.10 Å². The maximum Gasteiger partial charge on any atom is 0.246 e. The Bertz CT molecular complexity index is 550. The number of hydrazone groups is 1. The predicted octanol–water partition coefficient (Wildman–Crippen LogP) is 1.54. The summed E-state index contributed by atoms with van der Waals surface area (Å²) in [7, 11) is 0. The van der Waals surface area contributed by atoms with Gasteiger partial charge >= 0.3 is 0 Å². The Morgan fingerprint density at radius 3 is 3.11 bits per heavy atom. The Labute approximate surface area is 109 Å². The molecule has 0 unspecified atom stereocenters. The molecule has 0 saturated carbocycles. The molecule has 18 heavy (non-hydrogen) atoms. The fourth-order valence-electron chi connectivity index (χ4n) is 1.32. The third-order valence-electron chi connectivity index (χ3n) is 2.08. The van der Waals surface area contributed by atoms with Crippen LogP contribution in [0.5, 0.6) is 0 Å². The molecule has 2 aromatic heterocycles. The molecule has 0 fully saturated rings. The summed E-state index contributed by atoms with van der Waals surface area (Å²) in [6.45, 7) is 1.91. The van der Waals surface area contributed by atoms with E-state index in [2.05, 4.69) is 20.5 Å². The number of pyridine rings is 1. The van der Waals surface area contributed by atoms with Crippen LogP contribution in [-0.4, -0.2) is 22.1 Å². The highest BCUT2D eigenvalue weighted by molar-refractivity contribution is 7.09. The Morgan fingerprint density at radius 1 is 1.56 bits per heavy atom. The maximum atomic E-state index is 11.5. The van der Waals surface area contributed by atoms with Gasteiger partial charge in [0.05, 0.1) is 29.0 Å². The SMILES string of the molecule is Cc1nc(CC(=O)NN=Cc2ccccn2)cs1. The van der Waals surface area contributed by atoms with Gasteiger partial charge in [-0.25, -0.2) is 10.4 Å². The van der Waals surface area contributed by atoms with Gasteiger partial charge in [0, 0.05) is 11.6 Å². The number of nitrogens with zero attached hydrogens (tertiary/aromatic N) is 3. The first-order valence-electron chi connectivity index (χ1n) is 5.38. The molecule has 0 radical (unpaired) electrons. The first kappa shape index (κ1) is 12.4. The van der Waals surface area contributed by atoms with Crippen molar-refractivity contribution in [1.82, 2.24) is 15.4 Å². The zero-order valence-electron chi connectivity index (χ0n) is 9.83. The minimum Gasteiger partial charge on any atom is -0.273 e. The maximum absolute atomic E-state index is 11.5. The smallest absolute Gasteiger partial charge is 0.246 e. The molecule has 5 nitrogen and oxygen atoms in total. The van der Waals surface area contributed by atoms with Gasteiger partial charge in [0.2, 0.25) is 5.91 Å². The second-order valence-corrected chi connectivity index (χ2v) is 4.64. The number of carbonyl (C=O) groups excluding carboxylic acids is 1. The lowest BCUT2D eigenvalue weighted by atomic mass is 10.3. The molecule has 0 aliphatic rings. The highest BCUT2D eigenvalue weighted by Crippen LogP contribution is 2.07. The van der Waals surface area contributed by atoms with Crippen LogP contribution in [0, 0.1) is 6.92 Å². The monoisotopic (exact) mass is 260 g/mol. The van der Waals surface area contributed by atoms with E-state index >= 15 is 0 Å². The molecule has 0 aliphatic carbocycles. The molecule has 0 bridgehead atoms. The predicted molar refractivity (Wildman–Crippen MR) is 70.5 cm³/mol. The molecular formula is C12H12N4OS. The molecule has 2 heterocycles. The molecule has 6 heteroatoms. The van der Waals surface area contributed by atoms with E-state index in [1.165, 1.54) is 17.6 Å². The van der Waals surface area contributed by atoms with E-state index in [1.54, 1.807) is 12.3 Å². The van der Waals surface area contributed by atoms with Gasteiger partial charge in [-0.1, -0.05) is 6.07 Å². The fourth-order valence-corrected chi connectivity index (χ4v) is 1.93. The number of amides is 1. The number of thiazole rings is 1. The summed E-state index contributed by atoms with van der Waals surface area (Å²) >= 11 is 1.53. The van der Waals surface area contributed by atoms with Crippen molar-refractivity contribution in [2.75, 3.05) is 0 Å². The van der Waals surface area contributed by atoms with Crippen LogP contribution in [0.25, 0.3) is 0 Å². The Balaban J connectivity index is 1.83. The Hall–Kier alpha value is -2.08. The lowest BCUT2D eigenvalue weighted by molar-refractivity contribution is -0.120. The Morgan fingerprint density at radius 2 is 2.44 bits per heavy atom. The topological polar surface area (TPSA) is 67.2 Å². The van der Waals surface area contributed by atoms with Crippen LogP contribution in [0.2, 0.25) is 0 Å². The first-order valence-corrected chi connectivity index (χ1v) is 6.26. The van der Waals surface area contributed by atoms with E-state index in [9.17, 15) is 4.79 Å². The molecule has 0 aliphatic heterocycles. The fraction of sp³-hybridized carbons (Fsp3) is 0.167. The van der Waals surface area contributed by atoms with Gasteiger partial charge in [-0.3, -0.25) is 9.78 Å². The first-order chi connectivity index (χ1) is 8.74. The number of hydrogen-bond donors (Lipinski definition) is 1. The molecule has 1 N–H and O–H groups in total. The van der Waals surface area contributed by atoms with Crippen LogP contribution < -0.4 is 5.43 Å². The van der Waals surface area contributed by atoms with Crippen LogP contribution in [0.1, 0.15) is 16.4 Å². The number of hydrogen-bond acceptors (Lipinski definition) is 5. The quantitative estimate of drug-likeness (QED) is 0.669. The summed E-state index contributed by atoms with van der Waals surface area (Å²) in [6, 6.07) is 5.48. The van der Waals surface area contributed by atoms with Crippen LogP contribution in [-0.2, 0) is 11.2 Å². The van der Waals surface area contributed by atoms with Gasteiger partial charge in [0.15, 0.2) is 0 Å². The molecule has 92 valence electrons. The van der Waals surface area contributed by atoms with Crippen LogP contribution >= 0.6 is 11.3 Å². The summed E-state index contributed by atoms with van der Waals surface area (Å²) in [5, 5.41) is 6.66. The number of nitrogens with one attached hydrogen (secondary N) is 1. The van der Waals surface area contributed by atoms with Crippen molar-refractivity contribution in [1.29, 1.82) is 0 Å². The van der Waals surface area contributed by atoms with Crippen molar-refractivity contribution in [3.05, 3.63) is 46.2 Å². The minimum absolute atomic E-state index is 0.188. The molecule has 0 saturated heterocycles. The highest BCUT2D eigenvalue weighted by Gasteiger charge is 2.04. The largest absolute Gasteiger partial charge is 0.273 e. The minimum atomic E-state index is -0.188. The average Bonchev–Trinajstić information content (AvgIpc) is 2.76. The van der Waals surface area contributed by atoms with Gasteiger partial charge in [0.1, 0.15) is 0 Å². The summed E-state index contributed by atoms with van der Waals surface area (Å²) in [6.07, 6.45) is 3.41. The van der Waals surface area contributed by atoms with Crippen molar-refractivity contribution in [2.45, 2.75) is 13.3 Å². The zero-order chi connectivity index (χ0) is 12.8. The lowest BCUT2D eigenvalue weighted by Gasteiger charge is -1.96. The van der Waals surface area contributed by atoms with Crippen molar-refractivity contribution < 1.29 is 4.79 Å². The van der Waals surface area contributed by atoms with E-state index in [1.807, 2.05) is 24.4 Å². The molecule has 1 amide bonds. The Kier molecular flexibility index (Phi) is 4.14. The summed E-state index contributed by atoms with van der Waals surface area (Å²) < 4.78 is 0. The highest BCUT2D eigenvalue weighted by atomic mass is 32.1. The van der Waals surface area contributed by atoms with Gasteiger partial charge in [-0.2, -0.15) is 5.10 Å². The molecule has 0 aromatic carbocycles. The van der Waals surface area contributed by atoms with Gasteiger partial charge in [-0.05, 0) is 19.1 Å². The molecular weight excluding hydrogens is 248 g/mol. The van der Waals surface area contributed by atoms with E-state index in [0.29, 0.717) is 5.69 Å². The van der Waals surface area contributed by atoms with E-state index in [0.717, 1.165) is 10.7 Å². The van der Waals surface area contributed by atoms with Crippen molar-refractivity contribution in [3.63, 3.8) is 0 Å². The summed E-state index contributed by atoms with van der Waals surface area (Å²) in [5.74, 6) is -0.188. The number of carbonyl (C=O) groups is 1. The summed E-state index contributed by atoms with van der Waals surface area (Å²) in [5.41, 5.74) is 3.91. The molecule has 2 aromatic rings. The van der Waals surface area contributed by atoms with E-state index in [4.69, 9.17) is 0 Å². The second-order valence-electron chi connectivity index (χ2n) is 3.58. The van der Waals surface area contributed by atoms with Crippen molar-refractivity contribution >= 4 is 23.5 Å². The third kappa shape index (κ3) is 3.74. The second kappa shape index (κ2) is 6.02. The standard InChI is InChI=1S/C12H12N4OS/c1-9-15-11(8-18-9)6-12(17)16-14-7-10-4-2-3-5-13-10/h2-5,7-8H,6H2,1H3,(H,16,17). The van der Waals surface area contributed by atoms with Crippen molar-refractivity contribution in [3.8, 4) is 0 Å². The van der Waals surface area contributed by atoms with E-state index in [-0.39, 0.29) is 12.3 Å². The van der Waals surface area contributed by atoms with Crippen LogP contribution in [0.4, 0.5) is 0 Å². The molecule has 0 spiro atoms. The van der Waals surface area contributed by atoms with Crippen LogP contribution in [0.3, 0.4) is 0 Å². The molecule has 2 rings (SSSR count). The van der Waals surface area contributed by atoms with Gasteiger partial charge in [-0.15, -0.1) is 11.3 Å². The lowest BCUT2D eigenvalue weighted by Crippen LogP contribution is -2.20. The van der Waals surface area contributed by atoms with Gasteiger partial charge in [0.25, 0.3) is 0 Å². The number of aromatic nitrogens is 2. The van der Waals surface area contributed by atoms with Gasteiger partial charge < -0.3 is 0 Å².